The van der Waals surface area contributed by atoms with Gasteiger partial charge in [0.05, 0.1) is 27.2 Å². The van der Waals surface area contributed by atoms with Crippen molar-refractivity contribution in [3.63, 3.8) is 0 Å². The van der Waals surface area contributed by atoms with Crippen molar-refractivity contribution in [3.05, 3.63) is 28.8 Å². The summed E-state index contributed by atoms with van der Waals surface area (Å²) in [5.41, 5.74) is 3.64. The van der Waals surface area contributed by atoms with Crippen LogP contribution in [0.25, 0.3) is 10.2 Å². The third kappa shape index (κ3) is 6.26. The zero-order chi connectivity index (χ0) is 25.8. The van der Waals surface area contributed by atoms with E-state index in [9.17, 15) is 18.3 Å². The minimum atomic E-state index is -3.75. The van der Waals surface area contributed by atoms with Crippen LogP contribution < -0.4 is 5.48 Å². The van der Waals surface area contributed by atoms with Crippen molar-refractivity contribution in [2.75, 3.05) is 19.5 Å². The Labute approximate surface area is 215 Å². The topological polar surface area (TPSA) is 115 Å². The van der Waals surface area contributed by atoms with E-state index in [2.05, 4.69) is 34.1 Å². The van der Waals surface area contributed by atoms with Crippen molar-refractivity contribution in [2.24, 2.45) is 5.41 Å². The van der Waals surface area contributed by atoms with Crippen molar-refractivity contribution in [3.8, 4) is 23.7 Å². The van der Waals surface area contributed by atoms with Crippen LogP contribution in [0, 0.1) is 29.1 Å². The third-order valence-electron chi connectivity index (χ3n) is 6.72. The maximum atomic E-state index is 12.9. The molecule has 2 aromatic rings. The van der Waals surface area contributed by atoms with Gasteiger partial charge in [0, 0.05) is 31.3 Å². The van der Waals surface area contributed by atoms with E-state index in [0.717, 1.165) is 52.7 Å². The number of aromatic nitrogens is 1. The summed E-state index contributed by atoms with van der Waals surface area (Å²) in [6.45, 7) is 2.03. The Morgan fingerprint density at radius 2 is 2.17 bits per heavy atom. The van der Waals surface area contributed by atoms with Gasteiger partial charge in [-0.2, -0.15) is 0 Å². The molecule has 10 heteroatoms. The van der Waals surface area contributed by atoms with E-state index in [-0.39, 0.29) is 18.4 Å². The highest BCUT2D eigenvalue weighted by Crippen LogP contribution is 2.44. The van der Waals surface area contributed by atoms with E-state index in [1.54, 1.807) is 0 Å². The Balaban J connectivity index is 1.42. The van der Waals surface area contributed by atoms with Crippen molar-refractivity contribution in [1.29, 1.82) is 0 Å². The number of fused-ring (bicyclic) bond motifs is 1. The molecule has 0 bridgehead atoms. The van der Waals surface area contributed by atoms with Crippen LogP contribution in [0.4, 0.5) is 0 Å². The van der Waals surface area contributed by atoms with E-state index in [1.807, 2.05) is 18.2 Å². The Morgan fingerprint density at radius 3 is 2.83 bits per heavy atom. The fourth-order valence-electron chi connectivity index (χ4n) is 3.74. The minimum absolute atomic E-state index is 0.0568. The van der Waals surface area contributed by atoms with Gasteiger partial charge in [-0.15, -0.1) is 11.3 Å². The van der Waals surface area contributed by atoms with Crippen LogP contribution in [-0.4, -0.2) is 54.9 Å². The molecule has 1 saturated heterocycles. The van der Waals surface area contributed by atoms with Crippen LogP contribution in [-0.2, 0) is 30.6 Å². The number of aliphatic hydroxyl groups excluding tert-OH is 1. The van der Waals surface area contributed by atoms with Gasteiger partial charge in [-0.1, -0.05) is 11.8 Å². The number of rotatable bonds is 8. The molecule has 0 radical (unpaired) electrons. The summed E-state index contributed by atoms with van der Waals surface area (Å²) in [5, 5.41) is 10.0. The number of carbonyl (C=O) groups is 1. The number of aliphatic hydroxyl groups is 1. The highest BCUT2D eigenvalue weighted by Gasteiger charge is 2.44. The molecule has 0 spiro atoms. The standard InChI is InChI=1S/C26H30N2O6S2/c1-25(36(2,31)32,24(30)28-34-23-8-4-6-16-33-23)13-11-22-27-20-10-9-19(17-21(20)35-22)7-3-5-12-26(18-29)14-15-26/h9-10,17,23,29H,4,6,8,11,13-16,18H2,1-2H3,(H,28,30)/t23?,25-/m1/s1. The summed E-state index contributed by atoms with van der Waals surface area (Å²) in [5.74, 6) is 11.0. The lowest BCUT2D eigenvalue weighted by Gasteiger charge is -2.28. The summed E-state index contributed by atoms with van der Waals surface area (Å²) in [6.07, 6.45) is 5.19. The van der Waals surface area contributed by atoms with E-state index >= 15 is 0 Å². The number of hydrogen-bond donors (Lipinski definition) is 2. The van der Waals surface area contributed by atoms with Crippen molar-refractivity contribution in [1.82, 2.24) is 10.5 Å². The number of ether oxygens (including phenoxy) is 1. The first-order chi connectivity index (χ1) is 17.1. The van der Waals surface area contributed by atoms with E-state index in [4.69, 9.17) is 9.57 Å². The molecule has 1 amide bonds. The number of sulfone groups is 1. The second-order valence-corrected chi connectivity index (χ2v) is 13.1. The summed E-state index contributed by atoms with van der Waals surface area (Å²) in [4.78, 5) is 22.8. The molecule has 8 nitrogen and oxygen atoms in total. The highest BCUT2D eigenvalue weighted by atomic mass is 32.2. The molecule has 1 saturated carbocycles. The molecule has 1 aliphatic carbocycles. The van der Waals surface area contributed by atoms with E-state index in [1.165, 1.54) is 18.3 Å². The molecule has 1 aromatic carbocycles. The number of nitrogens with one attached hydrogen (secondary N) is 1. The molecule has 2 atom stereocenters. The second-order valence-electron chi connectivity index (χ2n) is 9.58. The van der Waals surface area contributed by atoms with Gasteiger partial charge in [-0.3, -0.25) is 4.79 Å². The maximum Gasteiger partial charge on any atom is 0.264 e. The number of aryl methyl sites for hydroxylation is 1. The molecule has 2 N–H and O–H groups in total. The van der Waals surface area contributed by atoms with Crippen molar-refractivity contribution in [2.45, 2.75) is 62.9 Å². The van der Waals surface area contributed by atoms with Gasteiger partial charge in [0.25, 0.3) is 5.91 Å². The van der Waals surface area contributed by atoms with Crippen molar-refractivity contribution < 1.29 is 27.9 Å². The fourth-order valence-corrected chi connectivity index (χ4v) is 5.60. The molecule has 192 valence electrons. The third-order valence-corrected chi connectivity index (χ3v) is 9.83. The molecular formula is C26H30N2O6S2. The Morgan fingerprint density at radius 1 is 1.36 bits per heavy atom. The number of hydrogen-bond acceptors (Lipinski definition) is 8. The Kier molecular flexibility index (Phi) is 8.03. The number of amides is 1. The zero-order valence-electron chi connectivity index (χ0n) is 20.4. The summed E-state index contributed by atoms with van der Waals surface area (Å²) in [6, 6.07) is 5.64. The SMILES string of the molecule is C[C@@](CCc1nc2ccc(C#CC#CC3(CO)CC3)cc2s1)(C(=O)NOC1CCCCO1)S(C)(=O)=O. The molecule has 4 rings (SSSR count). The highest BCUT2D eigenvalue weighted by molar-refractivity contribution is 7.92. The second kappa shape index (κ2) is 10.9. The van der Waals surface area contributed by atoms with Gasteiger partial charge in [-0.05, 0) is 69.1 Å². The predicted molar refractivity (Wildman–Crippen MR) is 137 cm³/mol. The normalized spacial score (nSPS) is 20.4. The van der Waals surface area contributed by atoms with Crippen LogP contribution in [0.1, 0.15) is 56.0 Å². The van der Waals surface area contributed by atoms with Crippen LogP contribution in [0.15, 0.2) is 18.2 Å². The first-order valence-corrected chi connectivity index (χ1v) is 14.7. The summed E-state index contributed by atoms with van der Waals surface area (Å²) < 4.78 is 29.9. The van der Waals surface area contributed by atoms with Gasteiger partial charge in [0.2, 0.25) is 0 Å². The lowest BCUT2D eigenvalue weighted by Crippen LogP contribution is -2.51. The maximum absolute atomic E-state index is 12.9. The Bertz CT molecular complexity index is 1350. The molecule has 2 fully saturated rings. The number of nitrogens with zero attached hydrogens (tertiary/aromatic N) is 1. The number of hydroxylamine groups is 1. The van der Waals surface area contributed by atoms with Gasteiger partial charge in [0.15, 0.2) is 16.1 Å². The minimum Gasteiger partial charge on any atom is -0.395 e. The first kappa shape index (κ1) is 26.6. The van der Waals surface area contributed by atoms with Gasteiger partial charge < -0.3 is 9.84 Å². The zero-order valence-corrected chi connectivity index (χ0v) is 22.1. The smallest absolute Gasteiger partial charge is 0.264 e. The largest absolute Gasteiger partial charge is 0.395 e. The number of carbonyl (C=O) groups excluding carboxylic acids is 1. The molecule has 2 heterocycles. The van der Waals surface area contributed by atoms with Crippen molar-refractivity contribution >= 4 is 37.3 Å². The molecule has 1 unspecified atom stereocenters. The monoisotopic (exact) mass is 530 g/mol. The van der Waals surface area contributed by atoms with Crippen LogP contribution in [0.2, 0.25) is 0 Å². The molecule has 36 heavy (non-hydrogen) atoms. The molecular weight excluding hydrogens is 500 g/mol. The van der Waals surface area contributed by atoms with Crippen LogP contribution >= 0.6 is 11.3 Å². The average molecular weight is 531 g/mol. The number of benzene rings is 1. The van der Waals surface area contributed by atoms with Gasteiger partial charge >= 0.3 is 0 Å². The molecule has 1 aromatic heterocycles. The fraction of sp³-hybridized carbons (Fsp3) is 0.538. The van der Waals surface area contributed by atoms with Gasteiger partial charge in [0.1, 0.15) is 4.75 Å². The van der Waals surface area contributed by atoms with E-state index in [0.29, 0.717) is 19.4 Å². The molecule has 2 aliphatic rings. The Hall–Kier alpha value is -2.47. The number of thiazole rings is 1. The summed E-state index contributed by atoms with van der Waals surface area (Å²) >= 11 is 1.44. The summed E-state index contributed by atoms with van der Waals surface area (Å²) in [7, 11) is -3.75. The molecule has 1 aliphatic heterocycles. The van der Waals surface area contributed by atoms with Crippen LogP contribution in [0.3, 0.4) is 0 Å². The van der Waals surface area contributed by atoms with E-state index < -0.39 is 26.8 Å². The van der Waals surface area contributed by atoms with Gasteiger partial charge in [-0.25, -0.2) is 23.7 Å². The van der Waals surface area contributed by atoms with Crippen LogP contribution in [0.5, 0.6) is 0 Å². The average Bonchev–Trinajstić information content (AvgIpc) is 3.53. The predicted octanol–water partition coefficient (Wildman–Crippen LogP) is 2.73. The lowest BCUT2D eigenvalue weighted by atomic mass is 10.0. The lowest BCUT2D eigenvalue weighted by molar-refractivity contribution is -0.201. The quantitative estimate of drug-likeness (QED) is 0.398. The first-order valence-electron chi connectivity index (χ1n) is 11.9.